The number of β-amino-alcohol motifs (C(OH)–C–C–N with tert-alkyl or cyclic N) is 1. The second-order valence-electron chi connectivity index (χ2n) is 7.06. The predicted octanol–water partition coefficient (Wildman–Crippen LogP) is 1.81. The van der Waals surface area contributed by atoms with Crippen LogP contribution in [0.25, 0.3) is 4.96 Å². The van der Waals surface area contributed by atoms with Crippen LogP contribution in [0.1, 0.15) is 27.9 Å². The van der Waals surface area contributed by atoms with Crippen LogP contribution in [0.3, 0.4) is 0 Å². The van der Waals surface area contributed by atoms with Gasteiger partial charge in [-0.05, 0) is 19.4 Å². The molecule has 0 amide bonds. The molecule has 0 unspecified atom stereocenters. The summed E-state index contributed by atoms with van der Waals surface area (Å²) in [7, 11) is 0. The minimum atomic E-state index is -0.0318. The maximum Gasteiger partial charge on any atom is 0.230 e. The second kappa shape index (κ2) is 7.55. The molecule has 4 rings (SSSR count). The summed E-state index contributed by atoms with van der Waals surface area (Å²) in [4.78, 5) is 10.7. The minimum absolute atomic E-state index is 0.0318. The van der Waals surface area contributed by atoms with Crippen molar-refractivity contribution >= 4 is 16.3 Å². The van der Waals surface area contributed by atoms with Gasteiger partial charge in [-0.25, -0.2) is 4.98 Å². The number of benzene rings is 1. The molecule has 0 saturated carbocycles. The van der Waals surface area contributed by atoms with Crippen LogP contribution in [0.4, 0.5) is 0 Å². The SMILES string of the molecule is Cc1ccc([C@H](c2sc3nc(C)nn3c2O)N2CCN(CCO)CC2)cc1. The van der Waals surface area contributed by atoms with Gasteiger partial charge in [-0.1, -0.05) is 41.2 Å². The van der Waals surface area contributed by atoms with Gasteiger partial charge in [0.05, 0.1) is 17.5 Å². The van der Waals surface area contributed by atoms with E-state index in [9.17, 15) is 10.2 Å². The third-order valence-corrected chi connectivity index (χ3v) is 6.21. The number of aryl methyl sites for hydroxylation is 2. The van der Waals surface area contributed by atoms with Crippen molar-refractivity contribution < 1.29 is 10.2 Å². The zero-order chi connectivity index (χ0) is 19.0. The summed E-state index contributed by atoms with van der Waals surface area (Å²) < 4.78 is 1.54. The van der Waals surface area contributed by atoms with Gasteiger partial charge in [-0.2, -0.15) is 4.52 Å². The van der Waals surface area contributed by atoms with Gasteiger partial charge in [0.15, 0.2) is 0 Å². The number of nitrogens with zero attached hydrogens (tertiary/aromatic N) is 5. The maximum atomic E-state index is 10.9. The highest BCUT2D eigenvalue weighted by Crippen LogP contribution is 2.40. The first-order valence-electron chi connectivity index (χ1n) is 9.25. The minimum Gasteiger partial charge on any atom is -0.492 e. The monoisotopic (exact) mass is 387 g/mol. The highest BCUT2D eigenvalue weighted by atomic mass is 32.1. The molecule has 2 aromatic heterocycles. The summed E-state index contributed by atoms with van der Waals surface area (Å²) in [5, 5.41) is 24.4. The Hall–Kier alpha value is -2.00. The molecule has 0 bridgehead atoms. The number of hydrogen-bond donors (Lipinski definition) is 2. The van der Waals surface area contributed by atoms with Gasteiger partial charge in [0, 0.05) is 32.7 Å². The molecule has 0 spiro atoms. The Bertz CT molecular complexity index is 912. The lowest BCUT2D eigenvalue weighted by atomic mass is 10.0. The number of piperazine rings is 1. The van der Waals surface area contributed by atoms with E-state index < -0.39 is 0 Å². The van der Waals surface area contributed by atoms with Crippen molar-refractivity contribution in [1.29, 1.82) is 0 Å². The topological polar surface area (TPSA) is 77.1 Å². The molecule has 8 heteroatoms. The smallest absolute Gasteiger partial charge is 0.230 e. The fourth-order valence-electron chi connectivity index (χ4n) is 3.69. The Balaban J connectivity index is 1.70. The van der Waals surface area contributed by atoms with Gasteiger partial charge >= 0.3 is 0 Å². The number of aliphatic hydroxyl groups excluding tert-OH is 1. The van der Waals surface area contributed by atoms with Crippen LogP contribution in [0, 0.1) is 13.8 Å². The molecule has 27 heavy (non-hydrogen) atoms. The van der Waals surface area contributed by atoms with Gasteiger partial charge in [-0.3, -0.25) is 9.80 Å². The number of rotatable bonds is 5. The van der Waals surface area contributed by atoms with Crippen molar-refractivity contribution in [3.63, 3.8) is 0 Å². The standard InChI is InChI=1S/C19H25N5O2S/c1-13-3-5-15(6-4-13)16(23-9-7-22(8-10-23)11-12-25)17-18(26)24-19(27-17)20-14(2)21-24/h3-6,16,25-26H,7-12H2,1-2H3/t16-/m1/s1. The molecule has 1 aliphatic heterocycles. The lowest BCUT2D eigenvalue weighted by Crippen LogP contribution is -2.48. The first-order valence-corrected chi connectivity index (χ1v) is 10.1. The molecule has 1 atom stereocenters. The Morgan fingerprint density at radius 1 is 1.11 bits per heavy atom. The molecule has 1 aromatic carbocycles. The highest BCUT2D eigenvalue weighted by molar-refractivity contribution is 7.17. The predicted molar refractivity (Wildman–Crippen MR) is 105 cm³/mol. The van der Waals surface area contributed by atoms with E-state index in [1.54, 1.807) is 4.52 Å². The summed E-state index contributed by atoms with van der Waals surface area (Å²) in [6, 6.07) is 8.47. The summed E-state index contributed by atoms with van der Waals surface area (Å²) >= 11 is 1.50. The van der Waals surface area contributed by atoms with E-state index in [1.807, 2.05) is 6.92 Å². The molecule has 1 aliphatic rings. The Morgan fingerprint density at radius 3 is 2.44 bits per heavy atom. The third kappa shape index (κ3) is 3.58. The number of thiazole rings is 1. The fourth-order valence-corrected chi connectivity index (χ4v) is 4.85. The molecule has 2 N–H and O–H groups in total. The van der Waals surface area contributed by atoms with Crippen molar-refractivity contribution in [1.82, 2.24) is 24.4 Å². The number of aliphatic hydroxyl groups is 1. The maximum absolute atomic E-state index is 10.9. The summed E-state index contributed by atoms with van der Waals surface area (Å²) in [5.41, 5.74) is 2.38. The van der Waals surface area contributed by atoms with Gasteiger partial charge < -0.3 is 10.2 Å². The van der Waals surface area contributed by atoms with Crippen LogP contribution in [0.15, 0.2) is 24.3 Å². The van der Waals surface area contributed by atoms with Crippen molar-refractivity contribution in [2.75, 3.05) is 39.3 Å². The number of aromatic hydroxyl groups is 1. The van der Waals surface area contributed by atoms with Crippen LogP contribution in [-0.2, 0) is 0 Å². The van der Waals surface area contributed by atoms with Crippen LogP contribution in [0.2, 0.25) is 0 Å². The summed E-state index contributed by atoms with van der Waals surface area (Å²) in [6.45, 7) is 8.38. The van der Waals surface area contributed by atoms with E-state index >= 15 is 0 Å². The number of fused-ring (bicyclic) bond motifs is 1. The summed E-state index contributed by atoms with van der Waals surface area (Å²) in [6.07, 6.45) is 0. The molecule has 7 nitrogen and oxygen atoms in total. The van der Waals surface area contributed by atoms with Crippen LogP contribution >= 0.6 is 11.3 Å². The summed E-state index contributed by atoms with van der Waals surface area (Å²) in [5.74, 6) is 0.839. The fraction of sp³-hybridized carbons (Fsp3) is 0.474. The third-order valence-electron chi connectivity index (χ3n) is 5.14. The van der Waals surface area contributed by atoms with Crippen molar-refractivity contribution in [2.24, 2.45) is 0 Å². The van der Waals surface area contributed by atoms with E-state index in [0.717, 1.165) is 41.6 Å². The highest BCUT2D eigenvalue weighted by Gasteiger charge is 2.31. The average Bonchev–Trinajstić information content (AvgIpc) is 3.16. The van der Waals surface area contributed by atoms with Gasteiger partial charge in [-0.15, -0.1) is 5.10 Å². The molecular weight excluding hydrogens is 362 g/mol. The second-order valence-corrected chi connectivity index (χ2v) is 8.07. The molecule has 0 radical (unpaired) electrons. The molecule has 144 valence electrons. The molecule has 3 aromatic rings. The van der Waals surface area contributed by atoms with Crippen LogP contribution < -0.4 is 0 Å². The van der Waals surface area contributed by atoms with Gasteiger partial charge in [0.1, 0.15) is 5.82 Å². The Kier molecular flexibility index (Phi) is 5.14. The number of aromatic nitrogens is 3. The molecule has 0 aliphatic carbocycles. The van der Waals surface area contributed by atoms with E-state index in [1.165, 1.54) is 16.9 Å². The Morgan fingerprint density at radius 2 is 1.81 bits per heavy atom. The van der Waals surface area contributed by atoms with Crippen LogP contribution in [0.5, 0.6) is 5.88 Å². The lowest BCUT2D eigenvalue weighted by molar-refractivity contribution is 0.0945. The quantitative estimate of drug-likeness (QED) is 0.695. The van der Waals surface area contributed by atoms with E-state index in [-0.39, 0.29) is 18.5 Å². The molecule has 1 fully saturated rings. The van der Waals surface area contributed by atoms with E-state index in [4.69, 9.17) is 0 Å². The lowest BCUT2D eigenvalue weighted by Gasteiger charge is -2.39. The zero-order valence-corrected chi connectivity index (χ0v) is 16.5. The van der Waals surface area contributed by atoms with E-state index in [0.29, 0.717) is 12.4 Å². The molecule has 1 saturated heterocycles. The normalized spacial score (nSPS) is 17.6. The molecular formula is C19H25N5O2S. The van der Waals surface area contributed by atoms with Gasteiger partial charge in [0.2, 0.25) is 10.8 Å². The number of hydrogen-bond acceptors (Lipinski definition) is 7. The van der Waals surface area contributed by atoms with Crippen molar-refractivity contribution in [3.05, 3.63) is 46.1 Å². The first kappa shape index (κ1) is 18.4. The average molecular weight is 388 g/mol. The van der Waals surface area contributed by atoms with Crippen LogP contribution in [-0.4, -0.2) is 73.9 Å². The van der Waals surface area contributed by atoms with Gasteiger partial charge in [0.25, 0.3) is 0 Å². The van der Waals surface area contributed by atoms with E-state index in [2.05, 4.69) is 51.1 Å². The molecule has 3 heterocycles. The largest absolute Gasteiger partial charge is 0.492 e. The Labute approximate surface area is 162 Å². The van der Waals surface area contributed by atoms with Crippen molar-refractivity contribution in [2.45, 2.75) is 19.9 Å². The van der Waals surface area contributed by atoms with Crippen molar-refractivity contribution in [3.8, 4) is 5.88 Å². The first-order chi connectivity index (χ1) is 13.1. The zero-order valence-electron chi connectivity index (χ0n) is 15.7.